The van der Waals surface area contributed by atoms with E-state index in [9.17, 15) is 4.79 Å². The van der Waals surface area contributed by atoms with Crippen LogP contribution in [0.5, 0.6) is 5.88 Å². The maximum absolute atomic E-state index is 11.0. The third-order valence-electron chi connectivity index (χ3n) is 3.28. The van der Waals surface area contributed by atoms with Crippen LogP contribution in [0.2, 0.25) is 0 Å². The minimum absolute atomic E-state index is 0.0403. The molecule has 2 unspecified atom stereocenters. The van der Waals surface area contributed by atoms with Crippen molar-refractivity contribution in [1.29, 1.82) is 0 Å². The van der Waals surface area contributed by atoms with E-state index in [4.69, 9.17) is 9.84 Å². The number of carboxylic acids is 1. The first-order valence-electron chi connectivity index (χ1n) is 6.27. The molecule has 0 spiro atoms. The van der Waals surface area contributed by atoms with E-state index in [1.165, 1.54) is 18.8 Å². The molecule has 0 saturated heterocycles. The average molecular weight is 250 g/mol. The van der Waals surface area contributed by atoms with Gasteiger partial charge in [-0.2, -0.15) is 0 Å². The second kappa shape index (κ2) is 5.33. The zero-order valence-corrected chi connectivity index (χ0v) is 10.7. The van der Waals surface area contributed by atoms with Gasteiger partial charge in [0.25, 0.3) is 0 Å². The number of ether oxygens (including phenoxy) is 1. The quantitative estimate of drug-likeness (QED) is 0.891. The van der Waals surface area contributed by atoms with Crippen LogP contribution in [0.1, 0.15) is 43.6 Å². The number of aromatic nitrogens is 2. The number of carboxylic acid groups (broad SMARTS) is 1. The lowest BCUT2D eigenvalue weighted by molar-refractivity contribution is 0.0661. The summed E-state index contributed by atoms with van der Waals surface area (Å²) in [6.45, 7) is 4.39. The molecule has 0 bridgehead atoms. The van der Waals surface area contributed by atoms with Gasteiger partial charge < -0.3 is 9.84 Å². The minimum atomic E-state index is -1.10. The molecule has 18 heavy (non-hydrogen) atoms. The first kappa shape index (κ1) is 12.8. The van der Waals surface area contributed by atoms with Crippen LogP contribution in [0.3, 0.4) is 0 Å². The van der Waals surface area contributed by atoms with E-state index in [1.807, 2.05) is 0 Å². The molecule has 5 nitrogen and oxygen atoms in total. The molecule has 1 heterocycles. The highest BCUT2D eigenvalue weighted by molar-refractivity contribution is 5.87. The lowest BCUT2D eigenvalue weighted by Crippen LogP contribution is -2.29. The van der Waals surface area contributed by atoms with Gasteiger partial charge in [0.2, 0.25) is 11.6 Å². The van der Waals surface area contributed by atoms with Crippen LogP contribution >= 0.6 is 0 Å². The molecular formula is C13H18N2O3. The third kappa shape index (κ3) is 2.97. The molecule has 5 heteroatoms. The second-order valence-corrected chi connectivity index (χ2v) is 5.17. The molecule has 0 radical (unpaired) electrons. The fourth-order valence-electron chi connectivity index (χ4n) is 2.69. The summed E-state index contributed by atoms with van der Waals surface area (Å²) in [7, 11) is 0. The average Bonchev–Trinajstić information content (AvgIpc) is 2.27. The molecule has 1 N–H and O–H groups in total. The number of nitrogens with zero attached hydrogens (tertiary/aromatic N) is 2. The summed E-state index contributed by atoms with van der Waals surface area (Å²) in [5.41, 5.74) is -0.108. The van der Waals surface area contributed by atoms with Gasteiger partial charge in [0, 0.05) is 12.4 Å². The predicted molar refractivity (Wildman–Crippen MR) is 65.6 cm³/mol. The summed E-state index contributed by atoms with van der Waals surface area (Å²) in [5, 5.41) is 9.02. The van der Waals surface area contributed by atoms with Crippen molar-refractivity contribution in [2.45, 2.75) is 39.2 Å². The van der Waals surface area contributed by atoms with Crippen molar-refractivity contribution in [2.24, 2.45) is 11.8 Å². The topological polar surface area (TPSA) is 72.3 Å². The van der Waals surface area contributed by atoms with Gasteiger partial charge in [-0.1, -0.05) is 13.8 Å². The lowest BCUT2D eigenvalue weighted by Gasteiger charge is -2.31. The Labute approximate surface area is 106 Å². The molecule has 1 fully saturated rings. The van der Waals surface area contributed by atoms with Gasteiger partial charge in [0.1, 0.15) is 6.10 Å². The smallest absolute Gasteiger partial charge is 0.360 e. The Balaban J connectivity index is 2.11. The van der Waals surface area contributed by atoms with Gasteiger partial charge in [-0.15, -0.1) is 0 Å². The normalized spacial score (nSPS) is 27.8. The fraction of sp³-hybridized carbons (Fsp3) is 0.615. The van der Waals surface area contributed by atoms with E-state index in [2.05, 4.69) is 23.8 Å². The lowest BCUT2D eigenvalue weighted by atomic mass is 9.82. The number of rotatable bonds is 3. The first-order chi connectivity index (χ1) is 8.56. The molecule has 1 aliphatic rings. The monoisotopic (exact) mass is 250 g/mol. The van der Waals surface area contributed by atoms with Crippen molar-refractivity contribution in [3.05, 3.63) is 18.1 Å². The van der Waals surface area contributed by atoms with Crippen LogP contribution in [0.4, 0.5) is 0 Å². The minimum Gasteiger partial charge on any atom is -0.476 e. The number of hydrogen-bond donors (Lipinski definition) is 1. The Bertz CT molecular complexity index is 426. The maximum atomic E-state index is 11.0. The second-order valence-electron chi connectivity index (χ2n) is 5.17. The van der Waals surface area contributed by atoms with E-state index in [-0.39, 0.29) is 17.7 Å². The Kier molecular flexibility index (Phi) is 3.79. The summed E-state index contributed by atoms with van der Waals surface area (Å²) in [6.07, 6.45) is 5.95. The van der Waals surface area contributed by atoms with Gasteiger partial charge in [-0.3, -0.25) is 0 Å². The summed E-state index contributed by atoms with van der Waals surface area (Å²) < 4.78 is 5.73. The highest BCUT2D eigenvalue weighted by atomic mass is 16.5. The van der Waals surface area contributed by atoms with Crippen LogP contribution in [-0.2, 0) is 0 Å². The van der Waals surface area contributed by atoms with Gasteiger partial charge >= 0.3 is 5.97 Å². The molecule has 0 aromatic carbocycles. The predicted octanol–water partition coefficient (Wildman–Crippen LogP) is 2.38. The third-order valence-corrected chi connectivity index (χ3v) is 3.28. The van der Waals surface area contributed by atoms with Crippen molar-refractivity contribution in [2.75, 3.05) is 0 Å². The molecular weight excluding hydrogens is 232 g/mol. The van der Waals surface area contributed by atoms with Crippen LogP contribution < -0.4 is 4.74 Å². The number of carbonyl (C=O) groups is 1. The fourth-order valence-corrected chi connectivity index (χ4v) is 2.69. The van der Waals surface area contributed by atoms with Crippen LogP contribution in [0.25, 0.3) is 0 Å². The molecule has 1 aromatic heterocycles. The summed E-state index contributed by atoms with van der Waals surface area (Å²) in [6, 6.07) is 0. The maximum Gasteiger partial charge on any atom is 0.360 e. The Morgan fingerprint density at radius 1 is 1.22 bits per heavy atom. The molecule has 2 rings (SSSR count). The van der Waals surface area contributed by atoms with Crippen LogP contribution in [0, 0.1) is 11.8 Å². The highest BCUT2D eigenvalue weighted by Crippen LogP contribution is 2.31. The molecule has 1 aromatic rings. The van der Waals surface area contributed by atoms with E-state index < -0.39 is 5.97 Å². The van der Waals surface area contributed by atoms with Crippen LogP contribution in [-0.4, -0.2) is 27.1 Å². The van der Waals surface area contributed by atoms with Crippen molar-refractivity contribution in [1.82, 2.24) is 9.97 Å². The number of aromatic carboxylic acids is 1. The summed E-state index contributed by atoms with van der Waals surface area (Å²) in [5.74, 6) is 0.235. The Hall–Kier alpha value is -1.65. The molecule has 0 aliphatic heterocycles. The van der Waals surface area contributed by atoms with E-state index in [0.717, 1.165) is 12.8 Å². The van der Waals surface area contributed by atoms with E-state index in [1.54, 1.807) is 0 Å². The molecule has 98 valence electrons. The molecule has 1 saturated carbocycles. The Morgan fingerprint density at radius 2 is 1.83 bits per heavy atom. The molecule has 2 atom stereocenters. The van der Waals surface area contributed by atoms with Gasteiger partial charge in [-0.25, -0.2) is 14.8 Å². The van der Waals surface area contributed by atoms with E-state index in [0.29, 0.717) is 11.8 Å². The summed E-state index contributed by atoms with van der Waals surface area (Å²) >= 11 is 0. The zero-order valence-electron chi connectivity index (χ0n) is 10.7. The molecule has 1 aliphatic carbocycles. The largest absolute Gasteiger partial charge is 0.476 e. The zero-order chi connectivity index (χ0) is 13.1. The standard InChI is InChI=1S/C13H18N2O3/c1-8-5-9(2)7-10(6-8)18-12-11(13(16)17)14-3-4-15-12/h3-4,8-10H,5-7H2,1-2H3,(H,16,17). The van der Waals surface area contributed by atoms with Crippen molar-refractivity contribution < 1.29 is 14.6 Å². The van der Waals surface area contributed by atoms with Gasteiger partial charge in [0.05, 0.1) is 0 Å². The van der Waals surface area contributed by atoms with Crippen molar-refractivity contribution in [3.8, 4) is 5.88 Å². The Morgan fingerprint density at radius 3 is 2.44 bits per heavy atom. The van der Waals surface area contributed by atoms with Crippen molar-refractivity contribution in [3.63, 3.8) is 0 Å². The summed E-state index contributed by atoms with van der Waals surface area (Å²) in [4.78, 5) is 18.8. The number of hydrogen-bond acceptors (Lipinski definition) is 4. The SMILES string of the molecule is CC1CC(C)CC(Oc2nccnc2C(=O)O)C1. The van der Waals surface area contributed by atoms with Gasteiger partial charge in [-0.05, 0) is 31.1 Å². The van der Waals surface area contributed by atoms with Gasteiger partial charge in [0.15, 0.2) is 0 Å². The highest BCUT2D eigenvalue weighted by Gasteiger charge is 2.27. The van der Waals surface area contributed by atoms with Crippen molar-refractivity contribution >= 4 is 5.97 Å². The molecule has 0 amide bonds. The van der Waals surface area contributed by atoms with Crippen LogP contribution in [0.15, 0.2) is 12.4 Å². The van der Waals surface area contributed by atoms with E-state index >= 15 is 0 Å². The first-order valence-corrected chi connectivity index (χ1v) is 6.27.